The Labute approximate surface area is 117 Å². The highest BCUT2D eigenvalue weighted by molar-refractivity contribution is 4.94. The third-order valence-corrected chi connectivity index (χ3v) is 4.94. The van der Waals surface area contributed by atoms with Crippen LogP contribution in [0.5, 0.6) is 0 Å². The van der Waals surface area contributed by atoms with E-state index in [4.69, 9.17) is 15.3 Å². The van der Waals surface area contributed by atoms with Gasteiger partial charge in [-0.25, -0.2) is 0 Å². The Hall–Kier alpha value is -0.160. The molecule has 2 aliphatic rings. The molecule has 1 heterocycles. The lowest BCUT2D eigenvalue weighted by atomic mass is 9.78. The predicted molar refractivity (Wildman–Crippen MR) is 76.6 cm³/mol. The summed E-state index contributed by atoms with van der Waals surface area (Å²) in [6.45, 7) is 3.95. The topological polar surface area (TPSA) is 56.5 Å². The van der Waals surface area contributed by atoms with E-state index in [0.29, 0.717) is 17.9 Å². The largest absolute Gasteiger partial charge is 0.384 e. The summed E-state index contributed by atoms with van der Waals surface area (Å²) in [6.07, 6.45) is 8.55. The number of nitrogens with one attached hydrogen (secondary N) is 1. The van der Waals surface area contributed by atoms with Gasteiger partial charge in [0, 0.05) is 26.4 Å². The first-order chi connectivity index (χ1) is 9.19. The molecule has 0 radical (unpaired) electrons. The lowest BCUT2D eigenvalue weighted by Crippen LogP contribution is -2.48. The first-order valence-electron chi connectivity index (χ1n) is 7.78. The van der Waals surface area contributed by atoms with Crippen LogP contribution in [0, 0.1) is 11.8 Å². The van der Waals surface area contributed by atoms with Crippen molar-refractivity contribution in [2.24, 2.45) is 17.7 Å². The van der Waals surface area contributed by atoms with Crippen molar-refractivity contribution in [2.45, 2.75) is 63.5 Å². The van der Waals surface area contributed by atoms with Crippen LogP contribution in [0.1, 0.15) is 51.9 Å². The second-order valence-electron chi connectivity index (χ2n) is 6.56. The van der Waals surface area contributed by atoms with E-state index in [2.05, 4.69) is 12.3 Å². The van der Waals surface area contributed by atoms with Crippen molar-refractivity contribution in [1.29, 1.82) is 0 Å². The lowest BCUT2D eigenvalue weighted by Gasteiger charge is -2.41. The van der Waals surface area contributed by atoms with Gasteiger partial charge in [0.1, 0.15) is 0 Å². The van der Waals surface area contributed by atoms with E-state index in [-0.39, 0.29) is 5.60 Å². The van der Waals surface area contributed by atoms with E-state index in [0.717, 1.165) is 26.1 Å². The maximum atomic E-state index is 6.11. The normalized spacial score (nSPS) is 29.5. The molecule has 1 saturated carbocycles. The van der Waals surface area contributed by atoms with Crippen LogP contribution in [-0.4, -0.2) is 32.0 Å². The van der Waals surface area contributed by atoms with Crippen molar-refractivity contribution in [1.82, 2.24) is 5.43 Å². The number of hydrogen-bond donors (Lipinski definition) is 2. The van der Waals surface area contributed by atoms with Gasteiger partial charge in [0.15, 0.2) is 0 Å². The van der Waals surface area contributed by atoms with Gasteiger partial charge >= 0.3 is 0 Å². The van der Waals surface area contributed by atoms with E-state index in [1.165, 1.54) is 32.1 Å². The van der Waals surface area contributed by atoms with Gasteiger partial charge in [-0.05, 0) is 43.9 Å². The molecule has 4 heteroatoms. The van der Waals surface area contributed by atoms with Crippen molar-refractivity contribution in [3.8, 4) is 0 Å². The van der Waals surface area contributed by atoms with Crippen molar-refractivity contribution in [3.05, 3.63) is 0 Å². The second kappa shape index (κ2) is 7.02. The summed E-state index contributed by atoms with van der Waals surface area (Å²) in [6, 6.07) is 0.395. The number of rotatable bonds is 6. The molecular formula is C15H30N2O2. The predicted octanol–water partition coefficient (Wildman–Crippen LogP) is 2.23. The molecule has 0 amide bonds. The van der Waals surface area contributed by atoms with Gasteiger partial charge in [-0.2, -0.15) is 0 Å². The molecule has 112 valence electrons. The lowest BCUT2D eigenvalue weighted by molar-refractivity contribution is -0.0991. The molecule has 0 bridgehead atoms. The number of nitrogens with two attached hydrogens (primary N) is 1. The maximum absolute atomic E-state index is 6.11. The Morgan fingerprint density at radius 3 is 2.79 bits per heavy atom. The first kappa shape index (κ1) is 15.2. The summed E-state index contributed by atoms with van der Waals surface area (Å²) in [5, 5.41) is 0. The zero-order valence-corrected chi connectivity index (χ0v) is 12.5. The summed E-state index contributed by atoms with van der Waals surface area (Å²) in [5.41, 5.74) is 3.24. The van der Waals surface area contributed by atoms with Gasteiger partial charge in [-0.3, -0.25) is 11.3 Å². The third-order valence-electron chi connectivity index (χ3n) is 4.94. The van der Waals surface area contributed by atoms with Crippen molar-refractivity contribution < 1.29 is 9.47 Å². The minimum Gasteiger partial charge on any atom is -0.384 e. The molecule has 3 atom stereocenters. The Bertz CT molecular complexity index is 267. The Kier molecular flexibility index (Phi) is 5.63. The molecule has 1 saturated heterocycles. The van der Waals surface area contributed by atoms with E-state index < -0.39 is 0 Å². The molecule has 2 rings (SSSR count). The zero-order chi connectivity index (χ0) is 13.7. The van der Waals surface area contributed by atoms with Crippen LogP contribution < -0.4 is 11.3 Å². The first-order valence-corrected chi connectivity index (χ1v) is 7.78. The van der Waals surface area contributed by atoms with Crippen molar-refractivity contribution in [2.75, 3.05) is 20.3 Å². The summed E-state index contributed by atoms with van der Waals surface area (Å²) < 4.78 is 11.3. The summed E-state index contributed by atoms with van der Waals surface area (Å²) in [4.78, 5) is 0. The average Bonchev–Trinajstić information content (AvgIpc) is 2.84. The van der Waals surface area contributed by atoms with Crippen LogP contribution in [0.15, 0.2) is 0 Å². The molecular weight excluding hydrogens is 240 g/mol. The minimum atomic E-state index is 0.183. The zero-order valence-electron chi connectivity index (χ0n) is 12.5. The highest BCUT2D eigenvalue weighted by Gasteiger charge is 2.41. The van der Waals surface area contributed by atoms with E-state index in [1.54, 1.807) is 7.11 Å². The van der Waals surface area contributed by atoms with Crippen LogP contribution in [0.4, 0.5) is 0 Å². The highest BCUT2D eigenvalue weighted by atomic mass is 16.5. The van der Waals surface area contributed by atoms with Gasteiger partial charge in [-0.15, -0.1) is 0 Å². The smallest absolute Gasteiger partial charge is 0.0685 e. The summed E-state index contributed by atoms with van der Waals surface area (Å²) in [7, 11) is 1.77. The molecule has 3 N–H and O–H groups in total. The van der Waals surface area contributed by atoms with Crippen LogP contribution in [0.3, 0.4) is 0 Å². The molecule has 0 aromatic carbocycles. The van der Waals surface area contributed by atoms with E-state index in [9.17, 15) is 0 Å². The standard InChI is InChI=1S/C15H30N2O2/c1-12(11-18-2)9-14(17-16)13-5-8-19-15(10-13)6-3-4-7-15/h12-14,17H,3-11,16H2,1-2H3. The molecule has 1 spiro atoms. The fourth-order valence-corrected chi connectivity index (χ4v) is 3.96. The van der Waals surface area contributed by atoms with Gasteiger partial charge in [-0.1, -0.05) is 19.8 Å². The Morgan fingerprint density at radius 2 is 2.16 bits per heavy atom. The highest BCUT2D eigenvalue weighted by Crippen LogP contribution is 2.43. The monoisotopic (exact) mass is 270 g/mol. The number of ether oxygens (including phenoxy) is 2. The molecule has 1 aliphatic heterocycles. The SMILES string of the molecule is COCC(C)CC(NN)C1CCOC2(CCCC2)C1. The molecule has 1 aliphatic carbocycles. The van der Waals surface area contributed by atoms with Crippen LogP contribution in [0.2, 0.25) is 0 Å². The quantitative estimate of drug-likeness (QED) is 0.574. The van der Waals surface area contributed by atoms with Crippen LogP contribution >= 0.6 is 0 Å². The van der Waals surface area contributed by atoms with Crippen LogP contribution in [0.25, 0.3) is 0 Å². The summed E-state index contributed by atoms with van der Waals surface area (Å²) >= 11 is 0. The number of hydrazine groups is 1. The molecule has 19 heavy (non-hydrogen) atoms. The van der Waals surface area contributed by atoms with Crippen LogP contribution in [-0.2, 0) is 9.47 Å². The Balaban J connectivity index is 1.90. The minimum absolute atomic E-state index is 0.183. The van der Waals surface area contributed by atoms with E-state index in [1.807, 2.05) is 0 Å². The number of methoxy groups -OCH3 is 1. The molecule has 2 fully saturated rings. The maximum Gasteiger partial charge on any atom is 0.0685 e. The van der Waals surface area contributed by atoms with Crippen molar-refractivity contribution in [3.63, 3.8) is 0 Å². The summed E-state index contributed by atoms with van der Waals surface area (Å²) in [5.74, 6) is 7.00. The molecule has 0 aromatic rings. The van der Waals surface area contributed by atoms with Gasteiger partial charge in [0.25, 0.3) is 0 Å². The van der Waals surface area contributed by atoms with Gasteiger partial charge in [0.05, 0.1) is 5.60 Å². The molecule has 4 nitrogen and oxygen atoms in total. The number of hydrogen-bond acceptors (Lipinski definition) is 4. The second-order valence-corrected chi connectivity index (χ2v) is 6.56. The Morgan fingerprint density at radius 1 is 1.42 bits per heavy atom. The average molecular weight is 270 g/mol. The molecule has 3 unspecified atom stereocenters. The van der Waals surface area contributed by atoms with Crippen molar-refractivity contribution >= 4 is 0 Å². The van der Waals surface area contributed by atoms with Gasteiger partial charge < -0.3 is 9.47 Å². The van der Waals surface area contributed by atoms with E-state index >= 15 is 0 Å². The van der Waals surface area contributed by atoms with Gasteiger partial charge in [0.2, 0.25) is 0 Å². The third kappa shape index (κ3) is 3.91. The fourth-order valence-electron chi connectivity index (χ4n) is 3.96. The molecule has 0 aromatic heterocycles. The fraction of sp³-hybridized carbons (Fsp3) is 1.00.